The molecule has 0 aromatic heterocycles. The third-order valence-electron chi connectivity index (χ3n) is 3.82. The highest BCUT2D eigenvalue weighted by atomic mass is 35.5. The molecule has 1 nitrogen and oxygen atoms in total. The molecule has 2 unspecified atom stereocenters. The molecular formula is C15H22ClN. The lowest BCUT2D eigenvalue weighted by atomic mass is 9.80. The second kappa shape index (κ2) is 6.42. The summed E-state index contributed by atoms with van der Waals surface area (Å²) in [7, 11) is 0. The van der Waals surface area contributed by atoms with E-state index < -0.39 is 0 Å². The molecule has 17 heavy (non-hydrogen) atoms. The number of hydrogen-bond acceptors (Lipinski definition) is 1. The molecule has 2 heteroatoms. The van der Waals surface area contributed by atoms with E-state index in [1.165, 1.54) is 31.2 Å². The minimum Gasteiger partial charge on any atom is -0.314 e. The molecule has 0 radical (unpaired) electrons. The lowest BCUT2D eigenvalue weighted by molar-refractivity contribution is 0.264. The second-order valence-electron chi connectivity index (χ2n) is 5.00. The van der Waals surface area contributed by atoms with Crippen molar-refractivity contribution in [2.45, 2.75) is 45.1 Å². The summed E-state index contributed by atoms with van der Waals surface area (Å²) in [5.74, 6) is 0.753. The summed E-state index contributed by atoms with van der Waals surface area (Å²) in [4.78, 5) is 0. The highest BCUT2D eigenvalue weighted by Crippen LogP contribution is 2.29. The Morgan fingerprint density at radius 3 is 2.76 bits per heavy atom. The van der Waals surface area contributed by atoms with Gasteiger partial charge in [-0.15, -0.1) is 0 Å². The zero-order valence-corrected chi connectivity index (χ0v) is 11.3. The summed E-state index contributed by atoms with van der Waals surface area (Å²) in [6, 6.07) is 8.95. The van der Waals surface area contributed by atoms with Gasteiger partial charge in [0.05, 0.1) is 0 Å². The maximum absolute atomic E-state index is 6.25. The third kappa shape index (κ3) is 3.46. The zero-order chi connectivity index (χ0) is 12.1. The van der Waals surface area contributed by atoms with E-state index >= 15 is 0 Å². The lowest BCUT2D eigenvalue weighted by Gasteiger charge is -2.32. The largest absolute Gasteiger partial charge is 0.314 e. The van der Waals surface area contributed by atoms with Crippen LogP contribution in [0.25, 0.3) is 0 Å². The Labute approximate surface area is 110 Å². The molecule has 0 amide bonds. The van der Waals surface area contributed by atoms with Gasteiger partial charge in [0.15, 0.2) is 0 Å². The summed E-state index contributed by atoms with van der Waals surface area (Å²) < 4.78 is 0. The van der Waals surface area contributed by atoms with Crippen molar-refractivity contribution >= 4 is 11.6 Å². The van der Waals surface area contributed by atoms with Gasteiger partial charge in [0.1, 0.15) is 0 Å². The highest BCUT2D eigenvalue weighted by molar-refractivity contribution is 6.31. The van der Waals surface area contributed by atoms with Gasteiger partial charge in [0, 0.05) is 11.1 Å². The molecule has 0 bridgehead atoms. The lowest BCUT2D eigenvalue weighted by Crippen LogP contribution is -2.39. The topological polar surface area (TPSA) is 12.0 Å². The van der Waals surface area contributed by atoms with Crippen LogP contribution >= 0.6 is 11.6 Å². The molecule has 2 rings (SSSR count). The Bertz CT molecular complexity index is 349. The Morgan fingerprint density at radius 2 is 2.00 bits per heavy atom. The van der Waals surface area contributed by atoms with E-state index in [1.807, 2.05) is 12.1 Å². The standard InChI is InChI=1S/C15H22ClN/c1-2-17-15-10-6-4-8-13(15)11-12-7-3-5-9-14(12)16/h3,5,7,9,13,15,17H,2,4,6,8,10-11H2,1H3. The van der Waals surface area contributed by atoms with E-state index in [2.05, 4.69) is 24.4 Å². The van der Waals surface area contributed by atoms with Gasteiger partial charge in [0.25, 0.3) is 0 Å². The smallest absolute Gasteiger partial charge is 0.0438 e. The molecule has 0 heterocycles. The number of benzene rings is 1. The van der Waals surface area contributed by atoms with E-state index in [-0.39, 0.29) is 0 Å². The number of halogens is 1. The van der Waals surface area contributed by atoms with Gasteiger partial charge in [-0.3, -0.25) is 0 Å². The predicted octanol–water partition coefficient (Wildman–Crippen LogP) is 4.05. The van der Waals surface area contributed by atoms with Crippen LogP contribution < -0.4 is 5.32 Å². The van der Waals surface area contributed by atoms with Gasteiger partial charge in [-0.05, 0) is 43.4 Å². The van der Waals surface area contributed by atoms with Gasteiger partial charge in [-0.1, -0.05) is 49.6 Å². The average molecular weight is 252 g/mol. The first-order valence-electron chi connectivity index (χ1n) is 6.78. The molecule has 0 saturated heterocycles. The quantitative estimate of drug-likeness (QED) is 0.851. The number of rotatable bonds is 4. The molecule has 2 atom stereocenters. The Balaban J connectivity index is 2.03. The van der Waals surface area contributed by atoms with E-state index in [1.54, 1.807) is 0 Å². The summed E-state index contributed by atoms with van der Waals surface area (Å²) in [5.41, 5.74) is 1.31. The van der Waals surface area contributed by atoms with Crippen LogP contribution in [0.3, 0.4) is 0 Å². The van der Waals surface area contributed by atoms with Crippen LogP contribution in [0.5, 0.6) is 0 Å². The molecule has 1 aromatic rings. The van der Waals surface area contributed by atoms with Gasteiger partial charge in [-0.2, -0.15) is 0 Å². The number of hydrogen-bond donors (Lipinski definition) is 1. The van der Waals surface area contributed by atoms with Crippen LogP contribution in [0.15, 0.2) is 24.3 Å². The zero-order valence-electron chi connectivity index (χ0n) is 10.6. The van der Waals surface area contributed by atoms with Crippen LogP contribution in [0.4, 0.5) is 0 Å². The van der Waals surface area contributed by atoms with Gasteiger partial charge < -0.3 is 5.32 Å². The van der Waals surface area contributed by atoms with Crippen LogP contribution in [0.2, 0.25) is 5.02 Å². The predicted molar refractivity (Wildman–Crippen MR) is 74.6 cm³/mol. The molecule has 1 aliphatic carbocycles. The summed E-state index contributed by atoms with van der Waals surface area (Å²) in [6.45, 7) is 3.27. The summed E-state index contributed by atoms with van der Waals surface area (Å²) >= 11 is 6.25. The van der Waals surface area contributed by atoms with Crippen molar-refractivity contribution in [3.63, 3.8) is 0 Å². The maximum atomic E-state index is 6.25. The van der Waals surface area contributed by atoms with E-state index in [4.69, 9.17) is 11.6 Å². The molecule has 1 fully saturated rings. The monoisotopic (exact) mass is 251 g/mol. The average Bonchev–Trinajstić information content (AvgIpc) is 2.35. The number of nitrogens with one attached hydrogen (secondary N) is 1. The fourth-order valence-electron chi connectivity index (χ4n) is 2.93. The van der Waals surface area contributed by atoms with Gasteiger partial charge >= 0.3 is 0 Å². The first kappa shape index (κ1) is 12.9. The van der Waals surface area contributed by atoms with Gasteiger partial charge in [-0.25, -0.2) is 0 Å². The van der Waals surface area contributed by atoms with E-state index in [0.717, 1.165) is 23.9 Å². The van der Waals surface area contributed by atoms with Crippen molar-refractivity contribution in [3.05, 3.63) is 34.9 Å². The molecule has 0 aliphatic heterocycles. The van der Waals surface area contributed by atoms with Crippen molar-refractivity contribution in [3.8, 4) is 0 Å². The van der Waals surface area contributed by atoms with Crippen molar-refractivity contribution in [2.24, 2.45) is 5.92 Å². The Hall–Kier alpha value is -0.530. The molecule has 0 spiro atoms. The second-order valence-corrected chi connectivity index (χ2v) is 5.41. The van der Waals surface area contributed by atoms with Crippen LogP contribution in [-0.2, 0) is 6.42 Å². The van der Waals surface area contributed by atoms with Crippen molar-refractivity contribution in [2.75, 3.05) is 6.54 Å². The van der Waals surface area contributed by atoms with Crippen LogP contribution in [0, 0.1) is 5.92 Å². The SMILES string of the molecule is CCNC1CCCCC1Cc1ccccc1Cl. The first-order valence-corrected chi connectivity index (χ1v) is 7.16. The molecular weight excluding hydrogens is 230 g/mol. The van der Waals surface area contributed by atoms with Crippen molar-refractivity contribution in [1.29, 1.82) is 0 Å². The Morgan fingerprint density at radius 1 is 1.24 bits per heavy atom. The van der Waals surface area contributed by atoms with Gasteiger partial charge in [0.2, 0.25) is 0 Å². The first-order chi connectivity index (χ1) is 8.31. The summed E-state index contributed by atoms with van der Waals surface area (Å²) in [6.07, 6.45) is 6.52. The minimum atomic E-state index is 0.685. The Kier molecular flexibility index (Phi) is 4.87. The fourth-order valence-corrected chi connectivity index (χ4v) is 3.14. The molecule has 1 N–H and O–H groups in total. The third-order valence-corrected chi connectivity index (χ3v) is 4.18. The maximum Gasteiger partial charge on any atom is 0.0438 e. The normalized spacial score (nSPS) is 24.8. The van der Waals surface area contributed by atoms with E-state index in [0.29, 0.717) is 6.04 Å². The fraction of sp³-hybridized carbons (Fsp3) is 0.600. The molecule has 1 saturated carbocycles. The van der Waals surface area contributed by atoms with Crippen molar-refractivity contribution in [1.82, 2.24) is 5.32 Å². The summed E-state index contributed by atoms with van der Waals surface area (Å²) in [5, 5.41) is 4.56. The van der Waals surface area contributed by atoms with Crippen LogP contribution in [-0.4, -0.2) is 12.6 Å². The van der Waals surface area contributed by atoms with E-state index in [9.17, 15) is 0 Å². The molecule has 94 valence electrons. The highest BCUT2D eigenvalue weighted by Gasteiger charge is 2.24. The molecule has 1 aliphatic rings. The van der Waals surface area contributed by atoms with Crippen LogP contribution in [0.1, 0.15) is 38.2 Å². The molecule has 1 aromatic carbocycles. The van der Waals surface area contributed by atoms with Crippen molar-refractivity contribution < 1.29 is 0 Å². The minimum absolute atomic E-state index is 0.685.